The summed E-state index contributed by atoms with van der Waals surface area (Å²) in [5, 5.41) is 8.28. The van der Waals surface area contributed by atoms with Gasteiger partial charge in [-0.1, -0.05) is 0 Å². The molecule has 0 aliphatic carbocycles. The van der Waals surface area contributed by atoms with E-state index in [9.17, 15) is 13.2 Å². The third kappa shape index (κ3) is 3.58. The molecule has 1 heterocycles. The summed E-state index contributed by atoms with van der Waals surface area (Å²) in [6, 6.07) is 1.70. The molecule has 14 heavy (non-hydrogen) atoms. The Morgan fingerprint density at radius 2 is 2.29 bits per heavy atom. The van der Waals surface area contributed by atoms with E-state index in [4.69, 9.17) is 5.11 Å². The highest BCUT2D eigenvalue weighted by molar-refractivity contribution is 7.90. The standard InChI is InChI=1S/C7H10N2O4S/c10-7(11)5-14(12,13)9-4-6-1-2-8-3-6/h1-3,8-9H,4-5H2,(H,10,11). The van der Waals surface area contributed by atoms with Crippen molar-refractivity contribution in [2.75, 3.05) is 5.75 Å². The number of aliphatic carboxylic acids is 1. The minimum atomic E-state index is -3.72. The number of rotatable bonds is 5. The van der Waals surface area contributed by atoms with E-state index in [1.165, 1.54) is 0 Å². The maximum absolute atomic E-state index is 11.0. The van der Waals surface area contributed by atoms with Crippen molar-refractivity contribution in [1.29, 1.82) is 0 Å². The Balaban J connectivity index is 2.49. The highest BCUT2D eigenvalue weighted by Crippen LogP contribution is 1.96. The summed E-state index contributed by atoms with van der Waals surface area (Å²) in [7, 11) is -3.72. The molecule has 0 atom stereocenters. The zero-order valence-electron chi connectivity index (χ0n) is 7.23. The number of H-pyrrole nitrogens is 1. The van der Waals surface area contributed by atoms with Crippen LogP contribution in [-0.4, -0.2) is 30.2 Å². The van der Waals surface area contributed by atoms with Gasteiger partial charge in [0, 0.05) is 18.9 Å². The Bertz CT molecular complexity index is 395. The topological polar surface area (TPSA) is 99.3 Å². The van der Waals surface area contributed by atoms with Gasteiger partial charge in [-0.15, -0.1) is 0 Å². The maximum atomic E-state index is 11.0. The number of nitrogens with one attached hydrogen (secondary N) is 2. The molecule has 7 heteroatoms. The minimum Gasteiger partial charge on any atom is -0.480 e. The second-order valence-electron chi connectivity index (χ2n) is 2.69. The molecule has 3 N–H and O–H groups in total. The Hall–Kier alpha value is -1.34. The van der Waals surface area contributed by atoms with E-state index in [0.29, 0.717) is 0 Å². The SMILES string of the molecule is O=C(O)CS(=O)(=O)NCc1cc[nH]c1. The second-order valence-corrected chi connectivity index (χ2v) is 4.50. The smallest absolute Gasteiger partial charge is 0.320 e. The largest absolute Gasteiger partial charge is 0.480 e. The first-order valence-electron chi connectivity index (χ1n) is 3.80. The molecule has 78 valence electrons. The van der Waals surface area contributed by atoms with Crippen molar-refractivity contribution in [3.05, 3.63) is 24.0 Å². The lowest BCUT2D eigenvalue weighted by Crippen LogP contribution is -2.29. The number of sulfonamides is 1. The van der Waals surface area contributed by atoms with E-state index in [0.717, 1.165) is 5.56 Å². The van der Waals surface area contributed by atoms with Gasteiger partial charge in [0.2, 0.25) is 10.0 Å². The number of hydrogen-bond donors (Lipinski definition) is 3. The van der Waals surface area contributed by atoms with Crippen LogP contribution >= 0.6 is 0 Å². The summed E-state index contributed by atoms with van der Waals surface area (Å²) in [4.78, 5) is 12.9. The highest BCUT2D eigenvalue weighted by Gasteiger charge is 2.14. The first-order valence-corrected chi connectivity index (χ1v) is 5.45. The van der Waals surface area contributed by atoms with Crippen LogP contribution in [0.25, 0.3) is 0 Å². The summed E-state index contributed by atoms with van der Waals surface area (Å²) in [6.45, 7) is 0.0963. The highest BCUT2D eigenvalue weighted by atomic mass is 32.2. The van der Waals surface area contributed by atoms with Crippen LogP contribution in [0.1, 0.15) is 5.56 Å². The van der Waals surface area contributed by atoms with E-state index >= 15 is 0 Å². The summed E-state index contributed by atoms with van der Waals surface area (Å²) in [5.74, 6) is -2.27. The summed E-state index contributed by atoms with van der Waals surface area (Å²) in [5.41, 5.74) is 0.749. The minimum absolute atomic E-state index is 0.0963. The molecule has 0 radical (unpaired) electrons. The average Bonchev–Trinajstić information content (AvgIpc) is 2.50. The van der Waals surface area contributed by atoms with E-state index in [1.54, 1.807) is 18.5 Å². The van der Waals surface area contributed by atoms with Crippen molar-refractivity contribution >= 4 is 16.0 Å². The van der Waals surface area contributed by atoms with Crippen molar-refractivity contribution in [3.8, 4) is 0 Å². The first kappa shape index (κ1) is 10.7. The van der Waals surface area contributed by atoms with Crippen LogP contribution in [0.4, 0.5) is 0 Å². The molecular weight excluding hydrogens is 208 g/mol. The number of aromatic nitrogens is 1. The van der Waals surface area contributed by atoms with Crippen LogP contribution in [0.5, 0.6) is 0 Å². The molecule has 0 bridgehead atoms. The molecule has 1 aromatic heterocycles. The van der Waals surface area contributed by atoms with Gasteiger partial charge in [0.15, 0.2) is 5.75 Å². The van der Waals surface area contributed by atoms with E-state index in [1.807, 2.05) is 0 Å². The number of carboxylic acid groups (broad SMARTS) is 1. The van der Waals surface area contributed by atoms with Crippen LogP contribution in [0.2, 0.25) is 0 Å². The molecule has 0 aliphatic heterocycles. The van der Waals surface area contributed by atoms with E-state index in [2.05, 4.69) is 9.71 Å². The third-order valence-corrected chi connectivity index (χ3v) is 2.68. The van der Waals surface area contributed by atoms with Crippen molar-refractivity contribution in [3.63, 3.8) is 0 Å². The normalized spacial score (nSPS) is 11.4. The van der Waals surface area contributed by atoms with Crippen molar-refractivity contribution in [2.45, 2.75) is 6.54 Å². The van der Waals surface area contributed by atoms with Gasteiger partial charge in [-0.2, -0.15) is 0 Å². The van der Waals surface area contributed by atoms with Gasteiger partial charge < -0.3 is 10.1 Å². The Labute approximate surface area is 81.0 Å². The van der Waals surface area contributed by atoms with E-state index in [-0.39, 0.29) is 6.54 Å². The molecule has 6 nitrogen and oxygen atoms in total. The zero-order chi connectivity index (χ0) is 10.6. The van der Waals surface area contributed by atoms with Gasteiger partial charge in [-0.3, -0.25) is 4.79 Å². The quantitative estimate of drug-likeness (QED) is 0.621. The molecule has 0 saturated heterocycles. The molecule has 1 aromatic rings. The van der Waals surface area contributed by atoms with Gasteiger partial charge in [0.05, 0.1) is 0 Å². The average molecular weight is 218 g/mol. The lowest BCUT2D eigenvalue weighted by atomic mass is 10.4. The molecule has 0 unspecified atom stereocenters. The number of hydrogen-bond acceptors (Lipinski definition) is 3. The molecule has 0 aliphatic rings. The van der Waals surface area contributed by atoms with Crippen LogP contribution in [0, 0.1) is 0 Å². The molecule has 0 spiro atoms. The zero-order valence-corrected chi connectivity index (χ0v) is 8.04. The van der Waals surface area contributed by atoms with Crippen LogP contribution < -0.4 is 4.72 Å². The van der Waals surface area contributed by atoms with Crippen LogP contribution in [-0.2, 0) is 21.4 Å². The van der Waals surface area contributed by atoms with Gasteiger partial charge >= 0.3 is 5.97 Å². The van der Waals surface area contributed by atoms with Crippen molar-refractivity contribution < 1.29 is 18.3 Å². The van der Waals surface area contributed by atoms with Crippen molar-refractivity contribution in [2.24, 2.45) is 0 Å². The Morgan fingerprint density at radius 3 is 2.79 bits per heavy atom. The van der Waals surface area contributed by atoms with Gasteiger partial charge in [-0.05, 0) is 11.6 Å². The fourth-order valence-corrected chi connectivity index (χ4v) is 1.69. The van der Waals surface area contributed by atoms with Crippen LogP contribution in [0.3, 0.4) is 0 Å². The lowest BCUT2D eigenvalue weighted by molar-refractivity contribution is -0.134. The summed E-state index contributed by atoms with van der Waals surface area (Å²) in [6.07, 6.45) is 3.28. The molecule has 0 saturated carbocycles. The fraction of sp³-hybridized carbons (Fsp3) is 0.286. The van der Waals surface area contributed by atoms with Crippen molar-refractivity contribution in [1.82, 2.24) is 9.71 Å². The molecule has 0 amide bonds. The van der Waals surface area contributed by atoms with Crippen LogP contribution in [0.15, 0.2) is 18.5 Å². The van der Waals surface area contributed by atoms with E-state index < -0.39 is 21.7 Å². The number of aromatic amines is 1. The predicted octanol–water partition coefficient (Wildman–Crippen LogP) is -0.481. The van der Waals surface area contributed by atoms with Gasteiger partial charge in [-0.25, -0.2) is 13.1 Å². The van der Waals surface area contributed by atoms with Gasteiger partial charge in [0.1, 0.15) is 0 Å². The molecule has 0 fully saturated rings. The molecular formula is C7H10N2O4S. The second kappa shape index (κ2) is 4.25. The predicted molar refractivity (Wildman–Crippen MR) is 49.1 cm³/mol. The number of carboxylic acids is 1. The lowest BCUT2D eigenvalue weighted by Gasteiger charge is -2.01. The number of carbonyl (C=O) groups is 1. The van der Waals surface area contributed by atoms with Gasteiger partial charge in [0.25, 0.3) is 0 Å². The third-order valence-electron chi connectivity index (χ3n) is 1.47. The summed E-state index contributed by atoms with van der Waals surface area (Å²) >= 11 is 0. The monoisotopic (exact) mass is 218 g/mol. The summed E-state index contributed by atoms with van der Waals surface area (Å²) < 4.78 is 24.2. The Morgan fingerprint density at radius 1 is 1.57 bits per heavy atom. The first-order chi connectivity index (χ1) is 6.49. The maximum Gasteiger partial charge on any atom is 0.320 e. The fourth-order valence-electron chi connectivity index (χ4n) is 0.875. The Kier molecular flexibility index (Phi) is 3.26. The molecule has 1 rings (SSSR count). The molecule has 0 aromatic carbocycles.